The van der Waals surface area contributed by atoms with Crippen LogP contribution in [0.1, 0.15) is 18.2 Å². The van der Waals surface area contributed by atoms with Gasteiger partial charge in [-0.05, 0) is 36.8 Å². The number of methoxy groups -OCH3 is 1. The van der Waals surface area contributed by atoms with E-state index in [1.165, 1.54) is 0 Å². The summed E-state index contributed by atoms with van der Waals surface area (Å²) in [6, 6.07) is 18.0. The average molecular weight is 465 g/mol. The van der Waals surface area contributed by atoms with Gasteiger partial charge in [-0.1, -0.05) is 30.3 Å². The van der Waals surface area contributed by atoms with Crippen LogP contribution in [0, 0.1) is 0 Å². The Hall–Kier alpha value is -2.22. The monoisotopic (exact) mass is 465 g/mol. The molecule has 2 aromatic carbocycles. The number of nitrogens with one attached hydrogen (secondary N) is 2. The van der Waals surface area contributed by atoms with Crippen LogP contribution in [0.5, 0.6) is 5.75 Å². The third-order valence-corrected chi connectivity index (χ3v) is 3.83. The van der Waals surface area contributed by atoms with Crippen molar-refractivity contribution >= 4 is 40.9 Å². The molecule has 0 aliphatic carbocycles. The lowest BCUT2D eigenvalue weighted by Gasteiger charge is -2.10. The van der Waals surface area contributed by atoms with Crippen LogP contribution in [0.25, 0.3) is 11.0 Å². The van der Waals surface area contributed by atoms with Crippen LogP contribution in [0.2, 0.25) is 0 Å². The zero-order valence-corrected chi connectivity index (χ0v) is 17.3. The fraction of sp³-hybridized carbons (Fsp3) is 0.250. The number of rotatable bonds is 6. The van der Waals surface area contributed by atoms with Gasteiger partial charge in [0.05, 0.1) is 20.2 Å². The van der Waals surface area contributed by atoms with Gasteiger partial charge in [-0.25, -0.2) is 4.99 Å². The number of furan rings is 1. The molecule has 0 aliphatic rings. The van der Waals surface area contributed by atoms with Gasteiger partial charge in [0, 0.05) is 11.9 Å². The molecule has 138 valence electrons. The van der Waals surface area contributed by atoms with E-state index in [2.05, 4.69) is 21.7 Å². The van der Waals surface area contributed by atoms with Crippen LogP contribution in [-0.4, -0.2) is 19.6 Å². The molecule has 0 saturated carbocycles. The molecule has 0 aliphatic heterocycles. The van der Waals surface area contributed by atoms with E-state index in [4.69, 9.17) is 9.15 Å². The van der Waals surface area contributed by atoms with Crippen LogP contribution in [0.15, 0.2) is 64.0 Å². The zero-order valence-electron chi connectivity index (χ0n) is 15.0. The van der Waals surface area contributed by atoms with Crippen molar-refractivity contribution in [1.82, 2.24) is 10.6 Å². The molecular formula is C20H24IN3O2. The van der Waals surface area contributed by atoms with Crippen molar-refractivity contribution in [3.63, 3.8) is 0 Å². The summed E-state index contributed by atoms with van der Waals surface area (Å²) >= 11 is 0. The maximum atomic E-state index is 5.83. The van der Waals surface area contributed by atoms with Gasteiger partial charge in [0.25, 0.3) is 0 Å². The normalized spacial score (nSPS) is 11.1. The van der Waals surface area contributed by atoms with Gasteiger partial charge in [0.1, 0.15) is 17.1 Å². The van der Waals surface area contributed by atoms with E-state index < -0.39 is 0 Å². The Bertz CT molecular complexity index is 811. The first kappa shape index (κ1) is 20.1. The number of hydrogen-bond donors (Lipinski definition) is 2. The lowest BCUT2D eigenvalue weighted by atomic mass is 10.2. The highest BCUT2D eigenvalue weighted by atomic mass is 127. The number of benzene rings is 2. The highest BCUT2D eigenvalue weighted by molar-refractivity contribution is 14.0. The number of guanidine groups is 1. The topological polar surface area (TPSA) is 58.8 Å². The summed E-state index contributed by atoms with van der Waals surface area (Å²) in [4.78, 5) is 4.62. The summed E-state index contributed by atoms with van der Waals surface area (Å²) < 4.78 is 11.0. The maximum Gasteiger partial charge on any atom is 0.191 e. The van der Waals surface area contributed by atoms with E-state index in [-0.39, 0.29) is 24.0 Å². The molecule has 5 nitrogen and oxygen atoms in total. The predicted molar refractivity (Wildman–Crippen MR) is 116 cm³/mol. The van der Waals surface area contributed by atoms with E-state index in [1.807, 2.05) is 55.5 Å². The first-order valence-corrected chi connectivity index (χ1v) is 8.41. The number of ether oxygens (including phenoxy) is 1. The first-order chi connectivity index (χ1) is 12.3. The molecule has 2 N–H and O–H groups in total. The first-order valence-electron chi connectivity index (χ1n) is 8.41. The van der Waals surface area contributed by atoms with Crippen molar-refractivity contribution in [2.24, 2.45) is 4.99 Å². The molecule has 0 radical (unpaired) electrons. The summed E-state index contributed by atoms with van der Waals surface area (Å²) in [7, 11) is 1.67. The lowest BCUT2D eigenvalue weighted by Crippen LogP contribution is -2.36. The van der Waals surface area contributed by atoms with Crippen molar-refractivity contribution in [3.05, 3.63) is 65.9 Å². The summed E-state index contributed by atoms with van der Waals surface area (Å²) in [6.45, 7) is 4.03. The van der Waals surface area contributed by atoms with E-state index in [0.717, 1.165) is 40.5 Å². The molecule has 3 rings (SSSR count). The smallest absolute Gasteiger partial charge is 0.191 e. The minimum atomic E-state index is 0. The lowest BCUT2D eigenvalue weighted by molar-refractivity contribution is 0.414. The van der Waals surface area contributed by atoms with E-state index in [9.17, 15) is 0 Å². The van der Waals surface area contributed by atoms with Crippen LogP contribution in [0.3, 0.4) is 0 Å². The van der Waals surface area contributed by atoms with Crippen molar-refractivity contribution in [3.8, 4) is 5.75 Å². The summed E-state index contributed by atoms with van der Waals surface area (Å²) in [5, 5.41) is 7.67. The number of halogens is 1. The molecule has 0 atom stereocenters. The molecule has 0 spiro atoms. The van der Waals surface area contributed by atoms with Gasteiger partial charge in [0.2, 0.25) is 0 Å². The minimum Gasteiger partial charge on any atom is -0.497 e. The SMILES string of the molecule is CCNC(=NCc1ccc(OC)cc1)NCc1cc2ccccc2o1.I. The zero-order chi connectivity index (χ0) is 17.5. The van der Waals surface area contributed by atoms with E-state index in [0.29, 0.717) is 13.1 Å². The van der Waals surface area contributed by atoms with Gasteiger partial charge in [0.15, 0.2) is 5.96 Å². The molecule has 0 fully saturated rings. The fourth-order valence-corrected chi connectivity index (χ4v) is 2.54. The van der Waals surface area contributed by atoms with Gasteiger partial charge >= 0.3 is 0 Å². The fourth-order valence-electron chi connectivity index (χ4n) is 2.54. The highest BCUT2D eigenvalue weighted by Gasteiger charge is 2.04. The molecular weight excluding hydrogens is 441 g/mol. The number of fused-ring (bicyclic) bond motifs is 1. The highest BCUT2D eigenvalue weighted by Crippen LogP contribution is 2.18. The van der Waals surface area contributed by atoms with Crippen LogP contribution in [0.4, 0.5) is 0 Å². The van der Waals surface area contributed by atoms with Gasteiger partial charge in [-0.2, -0.15) is 0 Å². The Balaban J connectivity index is 0.00000243. The molecule has 0 amide bonds. The second-order valence-corrected chi connectivity index (χ2v) is 5.65. The van der Waals surface area contributed by atoms with Crippen LogP contribution in [-0.2, 0) is 13.1 Å². The third kappa shape index (κ3) is 5.39. The summed E-state index contributed by atoms with van der Waals surface area (Å²) in [5.74, 6) is 2.50. The second kappa shape index (κ2) is 10.1. The number of hydrogen-bond acceptors (Lipinski definition) is 3. The molecule has 3 aromatic rings. The van der Waals surface area contributed by atoms with Gasteiger partial charge < -0.3 is 19.8 Å². The number of aliphatic imine (C=N–C) groups is 1. The minimum absolute atomic E-state index is 0. The molecule has 6 heteroatoms. The Morgan fingerprint density at radius 1 is 1.08 bits per heavy atom. The average Bonchev–Trinajstić information content (AvgIpc) is 3.07. The van der Waals surface area contributed by atoms with Crippen molar-refractivity contribution in [2.75, 3.05) is 13.7 Å². The number of nitrogens with zero attached hydrogens (tertiary/aromatic N) is 1. The molecule has 1 heterocycles. The Morgan fingerprint density at radius 3 is 2.54 bits per heavy atom. The molecule has 1 aromatic heterocycles. The van der Waals surface area contributed by atoms with Crippen LogP contribution >= 0.6 is 24.0 Å². The molecule has 0 bridgehead atoms. The third-order valence-electron chi connectivity index (χ3n) is 3.83. The Labute approximate surface area is 170 Å². The second-order valence-electron chi connectivity index (χ2n) is 5.65. The van der Waals surface area contributed by atoms with Gasteiger partial charge in [-0.15, -0.1) is 24.0 Å². The summed E-state index contributed by atoms with van der Waals surface area (Å²) in [6.07, 6.45) is 0. The predicted octanol–water partition coefficient (Wildman–Crippen LogP) is 4.31. The Morgan fingerprint density at radius 2 is 1.85 bits per heavy atom. The van der Waals surface area contributed by atoms with Crippen LogP contribution < -0.4 is 15.4 Å². The Kier molecular flexibility index (Phi) is 7.77. The maximum absolute atomic E-state index is 5.83. The van der Waals surface area contributed by atoms with Crippen molar-refractivity contribution in [1.29, 1.82) is 0 Å². The largest absolute Gasteiger partial charge is 0.497 e. The van der Waals surface area contributed by atoms with Gasteiger partial charge in [-0.3, -0.25) is 0 Å². The summed E-state index contributed by atoms with van der Waals surface area (Å²) in [5.41, 5.74) is 2.03. The van der Waals surface area contributed by atoms with Crippen molar-refractivity contribution in [2.45, 2.75) is 20.0 Å². The molecule has 0 saturated heterocycles. The van der Waals surface area contributed by atoms with Crippen molar-refractivity contribution < 1.29 is 9.15 Å². The van der Waals surface area contributed by atoms with E-state index in [1.54, 1.807) is 7.11 Å². The van der Waals surface area contributed by atoms with E-state index >= 15 is 0 Å². The standard InChI is InChI=1S/C20H23N3O2.HI/c1-3-21-20(22-13-15-8-10-17(24-2)11-9-15)23-14-18-12-16-6-4-5-7-19(16)25-18;/h4-12H,3,13-14H2,1-2H3,(H2,21,22,23);1H. The number of para-hydroxylation sites is 1. The molecule has 0 unspecified atom stereocenters. The quantitative estimate of drug-likeness (QED) is 0.324. The molecule has 26 heavy (non-hydrogen) atoms.